The Kier molecular flexibility index (Phi) is 5.43. The van der Waals surface area contributed by atoms with Crippen molar-refractivity contribution in [3.8, 4) is 23.1 Å². The highest BCUT2D eigenvalue weighted by Gasteiger charge is 2.24. The number of carbonyl (C=O) groups is 1. The van der Waals surface area contributed by atoms with Crippen LogP contribution in [0.1, 0.15) is 16.1 Å². The quantitative estimate of drug-likeness (QED) is 0.645. The number of nitrogens with zero attached hydrogens (tertiary/aromatic N) is 6. The highest BCUT2D eigenvalue weighted by atomic mass is 19.1. The minimum absolute atomic E-state index is 0.199. The fraction of sp³-hybridized carbons (Fsp3) is 0.316. The van der Waals surface area contributed by atoms with Crippen molar-refractivity contribution in [1.29, 1.82) is 0 Å². The van der Waals surface area contributed by atoms with Gasteiger partial charge >= 0.3 is 0 Å². The maximum atomic E-state index is 12.9. The van der Waals surface area contributed by atoms with E-state index in [9.17, 15) is 9.18 Å². The molecule has 150 valence electrons. The first-order valence-corrected chi connectivity index (χ1v) is 9.06. The van der Waals surface area contributed by atoms with Gasteiger partial charge in [0.15, 0.2) is 11.5 Å². The summed E-state index contributed by atoms with van der Waals surface area (Å²) in [5, 5.41) is 12.5. The maximum absolute atomic E-state index is 12.9. The van der Waals surface area contributed by atoms with Crippen LogP contribution in [0.5, 0.6) is 5.88 Å². The van der Waals surface area contributed by atoms with Gasteiger partial charge in [-0.1, -0.05) is 6.07 Å². The molecule has 0 aliphatic carbocycles. The van der Waals surface area contributed by atoms with Gasteiger partial charge in [0.2, 0.25) is 5.88 Å². The predicted octanol–water partition coefficient (Wildman–Crippen LogP) is 1.67. The van der Waals surface area contributed by atoms with Gasteiger partial charge in [0.05, 0.1) is 31.7 Å². The summed E-state index contributed by atoms with van der Waals surface area (Å²) in [6.07, 6.45) is 1.45. The van der Waals surface area contributed by atoms with Crippen molar-refractivity contribution in [1.82, 2.24) is 29.9 Å². The molecule has 4 heterocycles. The van der Waals surface area contributed by atoms with Crippen molar-refractivity contribution >= 4 is 5.91 Å². The smallest absolute Gasteiger partial charge is 0.274 e. The summed E-state index contributed by atoms with van der Waals surface area (Å²) in [4.78, 5) is 18.9. The molecule has 3 aromatic rings. The molecule has 10 heteroatoms. The fourth-order valence-electron chi connectivity index (χ4n) is 2.96. The average molecular weight is 398 g/mol. The normalized spacial score (nSPS) is 14.1. The molecule has 0 unspecified atom stereocenters. The number of alkyl halides is 1. The number of pyridine rings is 1. The molecule has 29 heavy (non-hydrogen) atoms. The van der Waals surface area contributed by atoms with E-state index in [0.29, 0.717) is 55.0 Å². The number of rotatable bonds is 5. The monoisotopic (exact) mass is 398 g/mol. The molecule has 0 saturated carbocycles. The molecular weight excluding hydrogens is 379 g/mol. The minimum atomic E-state index is -0.600. The Labute approximate surface area is 166 Å². The Morgan fingerprint density at radius 1 is 1.21 bits per heavy atom. The van der Waals surface area contributed by atoms with E-state index in [0.717, 1.165) is 0 Å². The van der Waals surface area contributed by atoms with Crippen molar-refractivity contribution in [3.05, 3.63) is 47.8 Å². The molecule has 0 aromatic carbocycles. The molecule has 1 aliphatic heterocycles. The summed E-state index contributed by atoms with van der Waals surface area (Å²) in [5.74, 6) is 0.561. The largest absolute Gasteiger partial charge is 0.480 e. The van der Waals surface area contributed by atoms with Crippen LogP contribution in [0.4, 0.5) is 4.39 Å². The summed E-state index contributed by atoms with van der Waals surface area (Å²) >= 11 is 0. The third-order valence-corrected chi connectivity index (χ3v) is 4.52. The van der Waals surface area contributed by atoms with Crippen LogP contribution in [0.3, 0.4) is 0 Å². The van der Waals surface area contributed by atoms with E-state index in [2.05, 4.69) is 20.3 Å². The van der Waals surface area contributed by atoms with Crippen LogP contribution in [-0.2, 0) is 11.4 Å². The fourth-order valence-corrected chi connectivity index (χ4v) is 2.96. The Morgan fingerprint density at radius 2 is 2.03 bits per heavy atom. The molecule has 0 spiro atoms. The number of hydrogen-bond donors (Lipinski definition) is 0. The number of halogens is 1. The van der Waals surface area contributed by atoms with Crippen molar-refractivity contribution in [3.63, 3.8) is 0 Å². The lowest BCUT2D eigenvalue weighted by molar-refractivity contribution is 0.0298. The van der Waals surface area contributed by atoms with E-state index in [4.69, 9.17) is 9.47 Å². The highest BCUT2D eigenvalue weighted by Crippen LogP contribution is 2.23. The SMILES string of the molecule is COc1ccc(-n2nc(C(=O)N3CCOCC3)cc2-c2ccc(CF)cn2)nn1. The third-order valence-electron chi connectivity index (χ3n) is 4.52. The van der Waals surface area contributed by atoms with E-state index >= 15 is 0 Å². The summed E-state index contributed by atoms with van der Waals surface area (Å²) in [7, 11) is 1.50. The van der Waals surface area contributed by atoms with E-state index in [-0.39, 0.29) is 11.6 Å². The van der Waals surface area contributed by atoms with Crippen LogP contribution >= 0.6 is 0 Å². The van der Waals surface area contributed by atoms with E-state index in [1.807, 2.05) is 0 Å². The molecule has 3 aromatic heterocycles. The lowest BCUT2D eigenvalue weighted by atomic mass is 10.2. The van der Waals surface area contributed by atoms with Crippen LogP contribution in [-0.4, -0.2) is 69.2 Å². The van der Waals surface area contributed by atoms with Crippen LogP contribution in [0, 0.1) is 0 Å². The minimum Gasteiger partial charge on any atom is -0.480 e. The molecule has 0 N–H and O–H groups in total. The molecule has 0 bridgehead atoms. The second-order valence-electron chi connectivity index (χ2n) is 6.35. The van der Waals surface area contributed by atoms with Gasteiger partial charge in [-0.15, -0.1) is 10.2 Å². The number of hydrogen-bond acceptors (Lipinski definition) is 7. The molecule has 9 nitrogen and oxygen atoms in total. The third kappa shape index (κ3) is 3.92. The maximum Gasteiger partial charge on any atom is 0.274 e. The predicted molar refractivity (Wildman–Crippen MR) is 100 cm³/mol. The zero-order valence-corrected chi connectivity index (χ0v) is 15.8. The Hall–Kier alpha value is -3.40. The second kappa shape index (κ2) is 8.31. The van der Waals surface area contributed by atoms with Gasteiger partial charge in [0, 0.05) is 30.9 Å². The molecule has 0 atom stereocenters. The van der Waals surface area contributed by atoms with E-state index < -0.39 is 6.67 Å². The molecular formula is C19H19FN6O3. The number of amides is 1. The number of methoxy groups -OCH3 is 1. The first-order valence-electron chi connectivity index (χ1n) is 9.06. The molecule has 0 radical (unpaired) electrons. The zero-order chi connectivity index (χ0) is 20.2. The van der Waals surface area contributed by atoms with Gasteiger partial charge in [-0.05, 0) is 18.2 Å². The van der Waals surface area contributed by atoms with Gasteiger partial charge in [-0.25, -0.2) is 9.07 Å². The lowest BCUT2D eigenvalue weighted by Gasteiger charge is -2.25. The molecule has 1 saturated heterocycles. The standard InChI is InChI=1S/C19H19FN6O3/c1-28-18-5-4-17(22-23-18)26-16(14-3-2-13(11-20)12-21-14)10-15(24-26)19(27)25-6-8-29-9-7-25/h2-5,10,12H,6-9,11H2,1H3. The molecule has 4 rings (SSSR count). The summed E-state index contributed by atoms with van der Waals surface area (Å²) in [6.45, 7) is 1.40. The van der Waals surface area contributed by atoms with Gasteiger partial charge in [-0.2, -0.15) is 5.10 Å². The first-order chi connectivity index (χ1) is 14.2. The van der Waals surface area contributed by atoms with Crippen molar-refractivity contribution in [2.75, 3.05) is 33.4 Å². The van der Waals surface area contributed by atoms with Gasteiger partial charge in [-0.3, -0.25) is 9.78 Å². The molecule has 1 amide bonds. The summed E-state index contributed by atoms with van der Waals surface area (Å²) in [6, 6.07) is 8.31. The lowest BCUT2D eigenvalue weighted by Crippen LogP contribution is -2.40. The topological polar surface area (TPSA) is 95.3 Å². The Bertz CT molecular complexity index is 919. The van der Waals surface area contributed by atoms with Crippen molar-refractivity contribution < 1.29 is 18.7 Å². The zero-order valence-electron chi connectivity index (χ0n) is 15.8. The molecule has 1 fully saturated rings. The second-order valence-corrected chi connectivity index (χ2v) is 6.35. The summed E-state index contributed by atoms with van der Waals surface area (Å²) in [5.41, 5.74) is 1.81. The van der Waals surface area contributed by atoms with Crippen LogP contribution in [0.2, 0.25) is 0 Å². The van der Waals surface area contributed by atoms with Gasteiger partial charge < -0.3 is 14.4 Å². The average Bonchev–Trinajstić information content (AvgIpc) is 3.24. The number of carbonyl (C=O) groups excluding carboxylic acids is 1. The van der Waals surface area contributed by atoms with Crippen molar-refractivity contribution in [2.45, 2.75) is 6.67 Å². The van der Waals surface area contributed by atoms with Crippen LogP contribution in [0.15, 0.2) is 36.5 Å². The number of morpholine rings is 1. The Morgan fingerprint density at radius 3 is 2.66 bits per heavy atom. The Balaban J connectivity index is 1.75. The molecule has 1 aliphatic rings. The number of aromatic nitrogens is 5. The number of ether oxygens (including phenoxy) is 2. The van der Waals surface area contributed by atoms with E-state index in [1.165, 1.54) is 18.0 Å². The van der Waals surface area contributed by atoms with Gasteiger partial charge in [0.1, 0.15) is 6.67 Å². The van der Waals surface area contributed by atoms with Crippen molar-refractivity contribution in [2.24, 2.45) is 0 Å². The van der Waals surface area contributed by atoms with Gasteiger partial charge in [0.25, 0.3) is 5.91 Å². The van der Waals surface area contributed by atoms with Crippen LogP contribution in [0.25, 0.3) is 17.2 Å². The van der Waals surface area contributed by atoms with Crippen LogP contribution < -0.4 is 4.74 Å². The highest BCUT2D eigenvalue weighted by molar-refractivity contribution is 5.93. The first kappa shape index (κ1) is 18.9. The van der Waals surface area contributed by atoms with E-state index in [1.54, 1.807) is 35.2 Å². The summed E-state index contributed by atoms with van der Waals surface area (Å²) < 4.78 is 24.7.